The minimum absolute atomic E-state index is 0.573. The van der Waals surface area contributed by atoms with Crippen LogP contribution in [0.5, 0.6) is 0 Å². The lowest BCUT2D eigenvalue weighted by Crippen LogP contribution is -2.14. The Morgan fingerprint density at radius 1 is 1.08 bits per heavy atom. The van der Waals surface area contributed by atoms with E-state index in [1.165, 1.54) is 0 Å². The first-order valence-corrected chi connectivity index (χ1v) is 8.65. The van der Waals surface area contributed by atoms with Crippen LogP contribution in [0.1, 0.15) is 11.4 Å². The summed E-state index contributed by atoms with van der Waals surface area (Å²) in [6.07, 6.45) is 1.73. The van der Waals surface area contributed by atoms with E-state index in [4.69, 9.17) is 16.0 Å². The van der Waals surface area contributed by atoms with Crippen molar-refractivity contribution >= 4 is 49.6 Å². The number of rotatable bonds is 4. The van der Waals surface area contributed by atoms with Crippen molar-refractivity contribution in [2.75, 3.05) is 0 Å². The fraction of sp³-hybridized carbons (Fsp3) is 0.111. The van der Waals surface area contributed by atoms with Crippen molar-refractivity contribution < 1.29 is 4.42 Å². The molecular formula is C18H13BrClN3O. The van der Waals surface area contributed by atoms with E-state index in [1.54, 1.807) is 6.20 Å². The Bertz CT molecular complexity index is 1030. The first kappa shape index (κ1) is 15.6. The zero-order valence-corrected chi connectivity index (χ0v) is 14.9. The fourth-order valence-corrected chi connectivity index (χ4v) is 3.19. The highest BCUT2D eigenvalue weighted by Crippen LogP contribution is 2.29. The maximum Gasteiger partial charge on any atom is 0.172 e. The van der Waals surface area contributed by atoms with Gasteiger partial charge in [0.2, 0.25) is 0 Å². The van der Waals surface area contributed by atoms with Crippen LogP contribution in [-0.2, 0) is 13.1 Å². The molecule has 0 amide bonds. The predicted molar refractivity (Wildman–Crippen MR) is 99.0 cm³/mol. The normalized spacial score (nSPS) is 11.4. The Morgan fingerprint density at radius 2 is 2.00 bits per heavy atom. The van der Waals surface area contributed by atoms with Crippen molar-refractivity contribution in [2.45, 2.75) is 13.1 Å². The van der Waals surface area contributed by atoms with Crippen molar-refractivity contribution in [3.63, 3.8) is 0 Å². The molecule has 2 aromatic carbocycles. The number of halogens is 2. The van der Waals surface area contributed by atoms with Crippen molar-refractivity contribution in [2.24, 2.45) is 0 Å². The topological polar surface area (TPSA) is 51.0 Å². The van der Waals surface area contributed by atoms with Gasteiger partial charge in [0.05, 0.1) is 12.7 Å². The molecule has 1 N–H and O–H groups in total. The molecule has 0 spiro atoms. The van der Waals surface area contributed by atoms with Gasteiger partial charge < -0.3 is 9.73 Å². The van der Waals surface area contributed by atoms with Gasteiger partial charge in [-0.3, -0.25) is 0 Å². The molecule has 0 bridgehead atoms. The van der Waals surface area contributed by atoms with Crippen molar-refractivity contribution in [1.82, 2.24) is 15.3 Å². The molecule has 0 radical (unpaired) electrons. The number of hydrogen-bond acceptors (Lipinski definition) is 4. The highest BCUT2D eigenvalue weighted by molar-refractivity contribution is 9.10. The van der Waals surface area contributed by atoms with E-state index in [-0.39, 0.29) is 0 Å². The summed E-state index contributed by atoms with van der Waals surface area (Å²) in [4.78, 5) is 9.01. The monoisotopic (exact) mass is 401 g/mol. The van der Waals surface area contributed by atoms with Gasteiger partial charge in [-0.2, -0.15) is 0 Å². The van der Waals surface area contributed by atoms with Crippen LogP contribution in [0.15, 0.2) is 57.6 Å². The van der Waals surface area contributed by atoms with Gasteiger partial charge in [-0.05, 0) is 35.9 Å². The van der Waals surface area contributed by atoms with E-state index in [9.17, 15) is 0 Å². The molecule has 120 valence electrons. The summed E-state index contributed by atoms with van der Waals surface area (Å²) in [5.41, 5.74) is 3.47. The standard InChI is InChI=1S/C18H13BrClN3O/c19-12-4-5-15-14(7-12)18-16(24-15)9-22-17(23-18)10-21-8-11-2-1-3-13(20)6-11/h1-7,9,21H,8,10H2. The fourth-order valence-electron chi connectivity index (χ4n) is 2.62. The predicted octanol–water partition coefficient (Wildman–Crippen LogP) is 5.08. The largest absolute Gasteiger partial charge is 0.453 e. The SMILES string of the molecule is Clc1cccc(CNCc2ncc3oc4ccc(Br)cc4c3n2)c1. The number of fused-ring (bicyclic) bond motifs is 3. The van der Waals surface area contributed by atoms with E-state index in [1.807, 2.05) is 42.5 Å². The number of nitrogens with one attached hydrogen (secondary N) is 1. The molecule has 24 heavy (non-hydrogen) atoms. The molecule has 4 nitrogen and oxygen atoms in total. The van der Waals surface area contributed by atoms with Gasteiger partial charge in [-0.25, -0.2) is 9.97 Å². The first-order valence-electron chi connectivity index (χ1n) is 7.48. The highest BCUT2D eigenvalue weighted by atomic mass is 79.9. The van der Waals surface area contributed by atoms with Crippen molar-refractivity contribution in [3.8, 4) is 0 Å². The van der Waals surface area contributed by atoms with Crippen LogP contribution in [-0.4, -0.2) is 9.97 Å². The Balaban J connectivity index is 1.56. The number of benzene rings is 2. The molecule has 2 aromatic heterocycles. The summed E-state index contributed by atoms with van der Waals surface area (Å²) in [6.45, 7) is 1.28. The maximum atomic E-state index is 6.00. The quantitative estimate of drug-likeness (QED) is 0.517. The third kappa shape index (κ3) is 3.15. The van der Waals surface area contributed by atoms with Crippen LogP contribution in [0.25, 0.3) is 22.1 Å². The third-order valence-corrected chi connectivity index (χ3v) is 4.45. The Hall–Kier alpha value is -1.95. The van der Waals surface area contributed by atoms with Crippen LogP contribution in [0.4, 0.5) is 0 Å². The van der Waals surface area contributed by atoms with E-state index in [0.29, 0.717) is 18.7 Å². The van der Waals surface area contributed by atoms with Gasteiger partial charge in [-0.15, -0.1) is 0 Å². The first-order chi connectivity index (χ1) is 11.7. The Labute approximate surface area is 152 Å². The third-order valence-electron chi connectivity index (χ3n) is 3.72. The summed E-state index contributed by atoms with van der Waals surface area (Å²) >= 11 is 9.48. The average Bonchev–Trinajstić information content (AvgIpc) is 2.92. The van der Waals surface area contributed by atoms with Gasteiger partial charge in [0, 0.05) is 21.4 Å². The molecule has 4 rings (SSSR count). The highest BCUT2D eigenvalue weighted by Gasteiger charge is 2.10. The molecule has 0 atom stereocenters. The molecule has 6 heteroatoms. The van der Waals surface area contributed by atoms with Crippen molar-refractivity contribution in [3.05, 3.63) is 69.5 Å². The Kier molecular flexibility index (Phi) is 4.22. The van der Waals surface area contributed by atoms with Crippen LogP contribution < -0.4 is 5.32 Å². The molecule has 2 heterocycles. The van der Waals surface area contributed by atoms with Crippen molar-refractivity contribution in [1.29, 1.82) is 0 Å². The van der Waals surface area contributed by atoms with Crippen LogP contribution in [0.3, 0.4) is 0 Å². The Morgan fingerprint density at radius 3 is 2.88 bits per heavy atom. The van der Waals surface area contributed by atoms with E-state index in [0.717, 1.165) is 37.4 Å². The minimum atomic E-state index is 0.573. The lowest BCUT2D eigenvalue weighted by molar-refractivity contribution is 0.650. The van der Waals surface area contributed by atoms with Gasteiger partial charge in [0.1, 0.15) is 16.9 Å². The van der Waals surface area contributed by atoms with Crippen LogP contribution in [0.2, 0.25) is 5.02 Å². The molecule has 4 aromatic rings. The lowest BCUT2D eigenvalue weighted by Gasteiger charge is -2.04. The van der Waals surface area contributed by atoms with Gasteiger partial charge in [-0.1, -0.05) is 39.7 Å². The van der Waals surface area contributed by atoms with Gasteiger partial charge in [0.25, 0.3) is 0 Å². The van der Waals surface area contributed by atoms with Gasteiger partial charge in [0.15, 0.2) is 5.58 Å². The molecule has 0 aliphatic rings. The summed E-state index contributed by atoms with van der Waals surface area (Å²) in [5, 5.41) is 5.06. The number of nitrogens with zero attached hydrogens (tertiary/aromatic N) is 2. The number of furan rings is 1. The van der Waals surface area contributed by atoms with Crippen LogP contribution >= 0.6 is 27.5 Å². The van der Waals surface area contributed by atoms with E-state index in [2.05, 4.69) is 31.2 Å². The summed E-state index contributed by atoms with van der Waals surface area (Å²) in [6, 6.07) is 13.7. The number of hydrogen-bond donors (Lipinski definition) is 1. The molecule has 0 saturated carbocycles. The van der Waals surface area contributed by atoms with Gasteiger partial charge >= 0.3 is 0 Å². The lowest BCUT2D eigenvalue weighted by atomic mass is 10.2. The molecular weight excluding hydrogens is 390 g/mol. The van der Waals surface area contributed by atoms with E-state index < -0.39 is 0 Å². The molecule has 0 saturated heterocycles. The summed E-state index contributed by atoms with van der Waals surface area (Å²) < 4.78 is 6.77. The minimum Gasteiger partial charge on any atom is -0.453 e. The molecule has 0 aliphatic heterocycles. The summed E-state index contributed by atoms with van der Waals surface area (Å²) in [7, 11) is 0. The summed E-state index contributed by atoms with van der Waals surface area (Å²) in [5.74, 6) is 0.729. The smallest absolute Gasteiger partial charge is 0.172 e. The average molecular weight is 403 g/mol. The zero-order chi connectivity index (χ0) is 16.5. The molecule has 0 aliphatic carbocycles. The van der Waals surface area contributed by atoms with Crippen LogP contribution in [0, 0.1) is 0 Å². The molecule has 0 unspecified atom stereocenters. The van der Waals surface area contributed by atoms with E-state index >= 15 is 0 Å². The number of aromatic nitrogens is 2. The maximum absolute atomic E-state index is 6.00. The second-order valence-electron chi connectivity index (χ2n) is 5.48. The second kappa shape index (κ2) is 6.51. The molecule has 0 fully saturated rings. The zero-order valence-electron chi connectivity index (χ0n) is 12.6. The second-order valence-corrected chi connectivity index (χ2v) is 6.83.